The van der Waals surface area contributed by atoms with Crippen LogP contribution in [0.1, 0.15) is 29.8 Å². The molecule has 0 spiro atoms. The van der Waals surface area contributed by atoms with Gasteiger partial charge in [0.2, 0.25) is 0 Å². The van der Waals surface area contributed by atoms with Crippen LogP contribution in [0.15, 0.2) is 52.9 Å². The van der Waals surface area contributed by atoms with Crippen molar-refractivity contribution in [2.75, 3.05) is 7.05 Å². The summed E-state index contributed by atoms with van der Waals surface area (Å²) in [5.41, 5.74) is 2.99. The topological polar surface area (TPSA) is 33.2 Å². The van der Waals surface area contributed by atoms with Gasteiger partial charge in [0, 0.05) is 24.4 Å². The molecule has 0 aliphatic carbocycles. The van der Waals surface area contributed by atoms with Crippen LogP contribution in [-0.4, -0.2) is 28.9 Å². The van der Waals surface area contributed by atoms with Gasteiger partial charge < -0.3 is 4.90 Å². The quantitative estimate of drug-likeness (QED) is 0.599. The summed E-state index contributed by atoms with van der Waals surface area (Å²) in [6.45, 7) is 4.03. The van der Waals surface area contributed by atoms with Gasteiger partial charge in [0.25, 0.3) is 5.91 Å². The van der Waals surface area contributed by atoms with Gasteiger partial charge in [-0.05, 0) is 43.7 Å². The summed E-state index contributed by atoms with van der Waals surface area (Å²) >= 11 is 3.46. The highest BCUT2D eigenvalue weighted by molar-refractivity contribution is 8.00. The van der Waals surface area contributed by atoms with Crippen LogP contribution in [0.5, 0.6) is 0 Å². The molecule has 24 heavy (non-hydrogen) atoms. The molecule has 5 heteroatoms. The highest BCUT2D eigenvalue weighted by atomic mass is 32.2. The zero-order valence-corrected chi connectivity index (χ0v) is 15.7. The molecular formula is C19H20N2OS2. The summed E-state index contributed by atoms with van der Waals surface area (Å²) in [6.07, 6.45) is 0. The van der Waals surface area contributed by atoms with Gasteiger partial charge in [-0.3, -0.25) is 4.79 Å². The zero-order valence-electron chi connectivity index (χ0n) is 14.0. The van der Waals surface area contributed by atoms with Crippen LogP contribution in [0.2, 0.25) is 0 Å². The molecule has 3 nitrogen and oxygen atoms in total. The molecule has 0 aliphatic rings. The van der Waals surface area contributed by atoms with Crippen LogP contribution in [0.25, 0.3) is 10.2 Å². The lowest BCUT2D eigenvalue weighted by Crippen LogP contribution is -2.32. The number of rotatable bonds is 5. The molecule has 1 aromatic heterocycles. The number of aromatic nitrogens is 1. The van der Waals surface area contributed by atoms with Gasteiger partial charge in [0.1, 0.15) is 0 Å². The lowest BCUT2D eigenvalue weighted by molar-refractivity contribution is 0.0755. The number of para-hydroxylation sites is 1. The van der Waals surface area contributed by atoms with Crippen molar-refractivity contribution in [2.45, 2.75) is 30.0 Å². The summed E-state index contributed by atoms with van der Waals surface area (Å²) in [6, 6.07) is 16.3. The predicted octanol–water partition coefficient (Wildman–Crippen LogP) is 5.07. The third-order valence-electron chi connectivity index (χ3n) is 3.93. The Labute approximate surface area is 150 Å². The first-order chi connectivity index (χ1) is 11.5. The van der Waals surface area contributed by atoms with Gasteiger partial charge in [-0.1, -0.05) is 36.0 Å². The van der Waals surface area contributed by atoms with Crippen molar-refractivity contribution in [3.8, 4) is 0 Å². The van der Waals surface area contributed by atoms with Gasteiger partial charge in [-0.2, -0.15) is 0 Å². The highest BCUT2D eigenvalue weighted by Crippen LogP contribution is 2.31. The first-order valence-corrected chi connectivity index (χ1v) is 9.69. The number of nitrogens with zero attached hydrogens (tertiary/aromatic N) is 2. The molecule has 1 heterocycles. The van der Waals surface area contributed by atoms with Crippen molar-refractivity contribution in [2.24, 2.45) is 0 Å². The SMILES string of the molecule is CC(C)N(C)C(=O)c1ccc(CSc2nc3ccccc3s2)cc1. The number of hydrogen-bond donors (Lipinski definition) is 0. The molecule has 0 N–H and O–H groups in total. The van der Waals surface area contributed by atoms with Gasteiger partial charge in [-0.25, -0.2) is 4.98 Å². The number of amides is 1. The molecule has 3 rings (SSSR count). The summed E-state index contributed by atoms with van der Waals surface area (Å²) < 4.78 is 2.30. The number of thioether (sulfide) groups is 1. The lowest BCUT2D eigenvalue weighted by Gasteiger charge is -2.21. The predicted molar refractivity (Wildman–Crippen MR) is 103 cm³/mol. The summed E-state index contributed by atoms with van der Waals surface area (Å²) in [7, 11) is 1.84. The number of benzene rings is 2. The molecule has 0 radical (unpaired) electrons. The van der Waals surface area contributed by atoms with E-state index >= 15 is 0 Å². The van der Waals surface area contributed by atoms with Crippen molar-refractivity contribution < 1.29 is 4.79 Å². The molecule has 0 saturated heterocycles. The maximum absolute atomic E-state index is 12.3. The molecule has 0 fully saturated rings. The van der Waals surface area contributed by atoms with Crippen molar-refractivity contribution in [1.29, 1.82) is 0 Å². The Hall–Kier alpha value is -1.85. The highest BCUT2D eigenvalue weighted by Gasteiger charge is 2.14. The molecule has 1 amide bonds. The molecule has 0 bridgehead atoms. The fourth-order valence-corrected chi connectivity index (χ4v) is 4.26. The Morgan fingerprint density at radius 2 is 1.88 bits per heavy atom. The van der Waals surface area contributed by atoms with Crippen molar-refractivity contribution >= 4 is 39.2 Å². The Kier molecular flexibility index (Phi) is 5.21. The van der Waals surface area contributed by atoms with Crippen LogP contribution in [0, 0.1) is 0 Å². The van der Waals surface area contributed by atoms with Crippen molar-refractivity contribution in [3.63, 3.8) is 0 Å². The van der Waals surface area contributed by atoms with E-state index in [9.17, 15) is 4.79 Å². The Balaban J connectivity index is 1.65. The smallest absolute Gasteiger partial charge is 0.253 e. The van der Waals surface area contributed by atoms with Gasteiger partial charge in [0.05, 0.1) is 10.2 Å². The van der Waals surface area contributed by atoms with E-state index in [0.29, 0.717) is 0 Å². The Bertz CT molecular complexity index is 807. The number of carbonyl (C=O) groups excluding carboxylic acids is 1. The van der Waals surface area contributed by atoms with Crippen molar-refractivity contribution in [1.82, 2.24) is 9.88 Å². The molecule has 124 valence electrons. The van der Waals surface area contributed by atoms with E-state index in [0.717, 1.165) is 21.2 Å². The average molecular weight is 357 g/mol. The van der Waals surface area contributed by atoms with E-state index in [1.807, 2.05) is 63.4 Å². The second-order valence-corrected chi connectivity index (χ2v) is 8.20. The Morgan fingerprint density at radius 1 is 1.17 bits per heavy atom. The van der Waals surface area contributed by atoms with Crippen molar-refractivity contribution in [3.05, 3.63) is 59.7 Å². The van der Waals surface area contributed by atoms with E-state index in [1.54, 1.807) is 28.0 Å². The van der Waals surface area contributed by atoms with E-state index in [-0.39, 0.29) is 11.9 Å². The van der Waals surface area contributed by atoms with E-state index < -0.39 is 0 Å². The second-order valence-electron chi connectivity index (χ2n) is 5.94. The monoisotopic (exact) mass is 356 g/mol. The van der Waals surface area contributed by atoms with E-state index in [1.165, 1.54) is 10.3 Å². The summed E-state index contributed by atoms with van der Waals surface area (Å²) in [5, 5.41) is 0. The molecule has 0 aliphatic heterocycles. The van der Waals surface area contributed by atoms with Crippen LogP contribution in [0.3, 0.4) is 0 Å². The Morgan fingerprint density at radius 3 is 2.54 bits per heavy atom. The minimum absolute atomic E-state index is 0.0652. The number of thiazole rings is 1. The molecule has 0 saturated carbocycles. The third kappa shape index (κ3) is 3.79. The molecule has 3 aromatic rings. The number of fused-ring (bicyclic) bond motifs is 1. The third-order valence-corrected chi connectivity index (χ3v) is 6.18. The maximum Gasteiger partial charge on any atom is 0.253 e. The van der Waals surface area contributed by atoms with Crippen LogP contribution >= 0.6 is 23.1 Å². The molecule has 2 aromatic carbocycles. The maximum atomic E-state index is 12.3. The first-order valence-electron chi connectivity index (χ1n) is 7.89. The fourth-order valence-electron chi connectivity index (χ4n) is 2.24. The minimum atomic E-state index is 0.0652. The minimum Gasteiger partial charge on any atom is -0.339 e. The summed E-state index contributed by atoms with van der Waals surface area (Å²) in [5.74, 6) is 0.921. The van der Waals surface area contributed by atoms with Gasteiger partial charge >= 0.3 is 0 Å². The molecular weight excluding hydrogens is 336 g/mol. The van der Waals surface area contributed by atoms with Crippen LogP contribution < -0.4 is 0 Å². The van der Waals surface area contributed by atoms with Gasteiger partial charge in [0.15, 0.2) is 4.34 Å². The number of hydrogen-bond acceptors (Lipinski definition) is 4. The molecule has 0 atom stereocenters. The van der Waals surface area contributed by atoms with Crippen LogP contribution in [-0.2, 0) is 5.75 Å². The van der Waals surface area contributed by atoms with E-state index in [2.05, 4.69) is 11.1 Å². The van der Waals surface area contributed by atoms with Gasteiger partial charge in [-0.15, -0.1) is 11.3 Å². The van der Waals surface area contributed by atoms with E-state index in [4.69, 9.17) is 0 Å². The zero-order chi connectivity index (χ0) is 17.1. The normalized spacial score (nSPS) is 11.2. The molecule has 0 unspecified atom stereocenters. The first kappa shape index (κ1) is 17.0. The number of carbonyl (C=O) groups is 1. The average Bonchev–Trinajstić information content (AvgIpc) is 3.02. The second kappa shape index (κ2) is 7.36. The summed E-state index contributed by atoms with van der Waals surface area (Å²) in [4.78, 5) is 18.7. The standard InChI is InChI=1S/C19H20N2OS2/c1-13(2)21(3)18(22)15-10-8-14(9-11-15)12-23-19-20-16-6-4-5-7-17(16)24-19/h4-11,13H,12H2,1-3H3. The van der Waals surface area contributed by atoms with Crippen LogP contribution in [0.4, 0.5) is 0 Å². The lowest BCUT2D eigenvalue weighted by atomic mass is 10.1. The largest absolute Gasteiger partial charge is 0.339 e. The fraction of sp³-hybridized carbons (Fsp3) is 0.263.